The minimum atomic E-state index is -0.948. The van der Waals surface area contributed by atoms with Crippen molar-refractivity contribution in [3.05, 3.63) is 38.0 Å². The van der Waals surface area contributed by atoms with Gasteiger partial charge < -0.3 is 19.5 Å². The van der Waals surface area contributed by atoms with Gasteiger partial charge in [-0.3, -0.25) is 14.5 Å². The summed E-state index contributed by atoms with van der Waals surface area (Å²) in [5.74, 6) is -0.521. The zero-order valence-electron chi connectivity index (χ0n) is 20.7. The lowest BCUT2D eigenvalue weighted by Gasteiger charge is -2.43. The van der Waals surface area contributed by atoms with Gasteiger partial charge >= 0.3 is 7.12 Å². The molecule has 3 aliphatic rings. The van der Waals surface area contributed by atoms with Crippen LogP contribution in [0.15, 0.2) is 28.9 Å². The highest BCUT2D eigenvalue weighted by molar-refractivity contribution is 14.1. The van der Waals surface area contributed by atoms with Crippen molar-refractivity contribution < 1.29 is 29.1 Å². The first-order valence-corrected chi connectivity index (χ1v) is 13.3. The zero-order chi connectivity index (χ0) is 25.4. The maximum Gasteiger partial charge on any atom is 0.455 e. The Hall–Kier alpha value is -1.85. The lowest BCUT2D eigenvalue weighted by molar-refractivity contribution is -0.138. The van der Waals surface area contributed by atoms with E-state index in [0.29, 0.717) is 24.9 Å². The summed E-state index contributed by atoms with van der Waals surface area (Å²) in [7, 11) is 2.16. The Morgan fingerprint density at radius 3 is 2.74 bits per heavy atom. The molecular formula is C26H33BINO6. The molecule has 0 radical (unpaired) electrons. The van der Waals surface area contributed by atoms with E-state index >= 15 is 0 Å². The zero-order valence-corrected chi connectivity index (χ0v) is 22.9. The highest BCUT2D eigenvalue weighted by Gasteiger charge is 2.56. The topological polar surface area (TPSA) is 96.3 Å². The first-order chi connectivity index (χ1) is 16.7. The van der Waals surface area contributed by atoms with Gasteiger partial charge in [0.2, 0.25) is 11.8 Å². The van der Waals surface area contributed by atoms with Gasteiger partial charge in [0.25, 0.3) is 0 Å². The summed E-state index contributed by atoms with van der Waals surface area (Å²) in [5, 5.41) is 20.7. The molecule has 2 N–H and O–H groups in total. The third kappa shape index (κ3) is 5.04. The molecule has 1 aromatic carbocycles. The predicted octanol–water partition coefficient (Wildman–Crippen LogP) is 4.42. The highest BCUT2D eigenvalue weighted by atomic mass is 127. The number of rotatable bonds is 7. The van der Waals surface area contributed by atoms with E-state index in [1.807, 2.05) is 6.07 Å². The fraction of sp³-hybridized carbons (Fsp3) is 0.538. The summed E-state index contributed by atoms with van der Waals surface area (Å²) in [6.45, 7) is 4.17. The normalized spacial score (nSPS) is 26.9. The maximum atomic E-state index is 13.0. The number of phenols is 1. The minimum absolute atomic E-state index is 0.0945. The molecular weight excluding hydrogens is 560 g/mol. The van der Waals surface area contributed by atoms with Crippen LogP contribution in [0.25, 0.3) is 6.08 Å². The van der Waals surface area contributed by atoms with E-state index in [2.05, 4.69) is 42.5 Å². The minimum Gasteiger partial charge on any atom is -0.504 e. The number of fused-ring (bicyclic) bond motifs is 3. The molecule has 4 atom stereocenters. The van der Waals surface area contributed by atoms with Crippen LogP contribution in [0.4, 0.5) is 0 Å². The summed E-state index contributed by atoms with van der Waals surface area (Å²) in [4.78, 5) is 27.0. The van der Waals surface area contributed by atoms with Crippen molar-refractivity contribution in [2.45, 2.75) is 58.4 Å². The van der Waals surface area contributed by atoms with Crippen LogP contribution < -0.4 is 4.74 Å². The SMILES string of the molecule is CCCC1=C2[C@@H](CC/C(C)=C/c3cc(I)c(O)c(OC)c3)OB(O)C[C@@H]2[C@@H]2C(=O)N(C)C(=O)[C@@H]2C1. The van der Waals surface area contributed by atoms with E-state index in [1.54, 1.807) is 13.1 Å². The van der Waals surface area contributed by atoms with Gasteiger partial charge in [-0.1, -0.05) is 30.6 Å². The molecule has 1 aromatic rings. The van der Waals surface area contributed by atoms with Crippen molar-refractivity contribution in [2.75, 3.05) is 14.2 Å². The lowest BCUT2D eigenvalue weighted by atomic mass is 9.58. The number of likely N-dealkylation sites (tertiary alicyclic amines) is 1. The molecule has 35 heavy (non-hydrogen) atoms. The summed E-state index contributed by atoms with van der Waals surface area (Å²) in [6.07, 6.45) is 6.00. The summed E-state index contributed by atoms with van der Waals surface area (Å²) >= 11 is 2.08. The number of amides is 2. The monoisotopic (exact) mass is 593 g/mol. The molecule has 9 heteroatoms. The van der Waals surface area contributed by atoms with Gasteiger partial charge in [-0.15, -0.1) is 0 Å². The van der Waals surface area contributed by atoms with E-state index in [4.69, 9.17) is 9.39 Å². The Balaban J connectivity index is 1.59. The molecule has 0 spiro atoms. The number of methoxy groups -OCH3 is 1. The van der Waals surface area contributed by atoms with Crippen LogP contribution in [0.1, 0.15) is 51.5 Å². The number of carbonyl (C=O) groups is 2. The number of imide groups is 1. The molecule has 1 aliphatic carbocycles. The van der Waals surface area contributed by atoms with Crippen molar-refractivity contribution in [3.8, 4) is 11.5 Å². The summed E-state index contributed by atoms with van der Waals surface area (Å²) in [5.41, 5.74) is 4.44. The second-order valence-electron chi connectivity index (χ2n) is 9.89. The molecule has 0 aromatic heterocycles. The molecule has 4 rings (SSSR count). The molecule has 2 amide bonds. The van der Waals surface area contributed by atoms with Crippen molar-refractivity contribution in [1.29, 1.82) is 0 Å². The Morgan fingerprint density at radius 1 is 1.31 bits per heavy atom. The molecule has 2 heterocycles. The van der Waals surface area contributed by atoms with Crippen LogP contribution in [0.3, 0.4) is 0 Å². The molecule has 0 saturated carbocycles. The smallest absolute Gasteiger partial charge is 0.455 e. The summed E-state index contributed by atoms with van der Waals surface area (Å²) in [6, 6.07) is 3.71. The summed E-state index contributed by atoms with van der Waals surface area (Å²) < 4.78 is 12.0. The second-order valence-corrected chi connectivity index (χ2v) is 11.0. The molecule has 2 fully saturated rings. The quantitative estimate of drug-likeness (QED) is 0.211. The average Bonchev–Trinajstić information content (AvgIpc) is 3.03. The van der Waals surface area contributed by atoms with E-state index in [-0.39, 0.29) is 35.5 Å². The predicted molar refractivity (Wildman–Crippen MR) is 143 cm³/mol. The number of nitrogens with zero attached hydrogens (tertiary/aromatic N) is 1. The first kappa shape index (κ1) is 26.2. The first-order valence-electron chi connectivity index (χ1n) is 12.3. The molecule has 0 unspecified atom stereocenters. The second kappa shape index (κ2) is 10.6. The van der Waals surface area contributed by atoms with Crippen molar-refractivity contribution in [3.63, 3.8) is 0 Å². The van der Waals surface area contributed by atoms with E-state index in [0.717, 1.165) is 39.5 Å². The number of hydrogen-bond acceptors (Lipinski definition) is 6. The van der Waals surface area contributed by atoms with E-state index in [1.165, 1.54) is 17.6 Å². The van der Waals surface area contributed by atoms with Gasteiger partial charge in [0.15, 0.2) is 11.5 Å². The number of carbonyl (C=O) groups excluding carboxylic acids is 2. The van der Waals surface area contributed by atoms with Gasteiger partial charge in [0.05, 0.1) is 28.6 Å². The van der Waals surface area contributed by atoms with Crippen molar-refractivity contribution in [1.82, 2.24) is 4.90 Å². The van der Waals surface area contributed by atoms with E-state index in [9.17, 15) is 19.7 Å². The third-order valence-corrected chi connectivity index (χ3v) is 8.39. The molecule has 2 saturated heterocycles. The van der Waals surface area contributed by atoms with Crippen LogP contribution in [0.2, 0.25) is 6.32 Å². The number of allylic oxidation sites excluding steroid dienone is 2. The Kier molecular flexibility index (Phi) is 7.97. The van der Waals surface area contributed by atoms with Crippen molar-refractivity contribution >= 4 is 47.6 Å². The van der Waals surface area contributed by atoms with Crippen molar-refractivity contribution in [2.24, 2.45) is 17.8 Å². The Morgan fingerprint density at radius 2 is 2.06 bits per heavy atom. The third-order valence-electron chi connectivity index (χ3n) is 7.56. The van der Waals surface area contributed by atoms with Crippen LogP contribution in [0.5, 0.6) is 11.5 Å². The number of hydrogen-bond donors (Lipinski definition) is 2. The lowest BCUT2D eigenvalue weighted by Crippen LogP contribution is -2.46. The Labute approximate surface area is 220 Å². The molecule has 188 valence electrons. The maximum absolute atomic E-state index is 13.0. The van der Waals surface area contributed by atoms with Crippen LogP contribution >= 0.6 is 22.6 Å². The average molecular weight is 593 g/mol. The number of benzene rings is 1. The van der Waals surface area contributed by atoms with Crippen LogP contribution in [-0.2, 0) is 14.2 Å². The van der Waals surface area contributed by atoms with Gasteiger partial charge in [0.1, 0.15) is 0 Å². The number of aromatic hydroxyl groups is 1. The largest absolute Gasteiger partial charge is 0.504 e. The fourth-order valence-corrected chi connectivity index (χ4v) is 6.63. The van der Waals surface area contributed by atoms with Gasteiger partial charge in [-0.05, 0) is 90.7 Å². The van der Waals surface area contributed by atoms with Crippen LogP contribution in [0, 0.1) is 21.3 Å². The molecule has 7 nitrogen and oxygen atoms in total. The van der Waals surface area contributed by atoms with Crippen LogP contribution in [-0.4, -0.2) is 54.2 Å². The number of halogens is 1. The molecule has 0 bridgehead atoms. The fourth-order valence-electron chi connectivity index (χ4n) is 6.01. The number of ether oxygens (including phenoxy) is 1. The Bertz CT molecular complexity index is 1090. The highest BCUT2D eigenvalue weighted by Crippen LogP contribution is 2.51. The van der Waals surface area contributed by atoms with Gasteiger partial charge in [0, 0.05) is 7.05 Å². The molecule has 2 aliphatic heterocycles. The van der Waals surface area contributed by atoms with Gasteiger partial charge in [-0.2, -0.15) is 0 Å². The van der Waals surface area contributed by atoms with Gasteiger partial charge in [-0.25, -0.2) is 0 Å². The number of phenolic OH excluding ortho intramolecular Hbond substituents is 1. The van der Waals surface area contributed by atoms with E-state index < -0.39 is 13.0 Å². The standard InChI is InChI=1S/C26H33BINO6/c1-5-6-16-12-17-23(26(32)29(3)25(17)31)18-13-27(33)35-20(22(16)18)8-7-14(2)9-15-10-19(28)24(30)21(11-15)34-4/h9-11,17-18,20,23,30,33H,5-8,12-13H2,1-4H3/b14-9+/t17-,18+,20-,23-/m1/s1.